The Morgan fingerprint density at radius 3 is 2.53 bits per heavy atom. The van der Waals surface area contributed by atoms with Crippen LogP contribution in [0.3, 0.4) is 0 Å². The zero-order valence-corrected chi connectivity index (χ0v) is 11.1. The lowest BCUT2D eigenvalue weighted by Gasteiger charge is -2.26. The lowest BCUT2D eigenvalue weighted by atomic mass is 9.81. The van der Waals surface area contributed by atoms with Gasteiger partial charge in [-0.1, -0.05) is 32.6 Å². The van der Waals surface area contributed by atoms with E-state index in [1.807, 2.05) is 0 Å². The highest BCUT2D eigenvalue weighted by molar-refractivity contribution is 5.66. The molecule has 1 saturated carbocycles. The van der Waals surface area contributed by atoms with Crippen LogP contribution < -0.4 is 5.32 Å². The van der Waals surface area contributed by atoms with Crippen LogP contribution in [0.25, 0.3) is 0 Å². The Bertz CT molecular complexity index is 210. The number of rotatable bonds is 8. The van der Waals surface area contributed by atoms with Gasteiger partial charge in [0, 0.05) is 6.42 Å². The Kier molecular flexibility index (Phi) is 7.25. The zero-order valence-electron chi connectivity index (χ0n) is 11.1. The number of carboxylic acid groups (broad SMARTS) is 1. The van der Waals surface area contributed by atoms with Crippen LogP contribution in [0.1, 0.15) is 58.3 Å². The van der Waals surface area contributed by atoms with Crippen molar-refractivity contribution in [2.75, 3.05) is 13.1 Å². The van der Waals surface area contributed by atoms with Gasteiger partial charge in [0.1, 0.15) is 0 Å². The molecule has 3 heteroatoms. The van der Waals surface area contributed by atoms with E-state index in [-0.39, 0.29) is 0 Å². The van der Waals surface area contributed by atoms with E-state index in [9.17, 15) is 4.79 Å². The summed E-state index contributed by atoms with van der Waals surface area (Å²) in [5.41, 5.74) is 0. The van der Waals surface area contributed by atoms with Gasteiger partial charge in [-0.15, -0.1) is 0 Å². The highest BCUT2D eigenvalue weighted by Crippen LogP contribution is 2.29. The van der Waals surface area contributed by atoms with Gasteiger partial charge in [0.05, 0.1) is 0 Å². The third kappa shape index (κ3) is 7.37. The van der Waals surface area contributed by atoms with E-state index < -0.39 is 5.97 Å². The van der Waals surface area contributed by atoms with Crippen LogP contribution in [-0.4, -0.2) is 24.2 Å². The molecule has 0 aromatic carbocycles. The molecule has 0 unspecified atom stereocenters. The van der Waals surface area contributed by atoms with Gasteiger partial charge >= 0.3 is 5.97 Å². The molecule has 2 N–H and O–H groups in total. The zero-order chi connectivity index (χ0) is 12.5. The summed E-state index contributed by atoms with van der Waals surface area (Å²) in [6, 6.07) is 0. The Morgan fingerprint density at radius 2 is 1.88 bits per heavy atom. The number of hydrogen-bond donors (Lipinski definition) is 2. The monoisotopic (exact) mass is 241 g/mol. The molecule has 0 heterocycles. The van der Waals surface area contributed by atoms with Crippen molar-refractivity contribution in [1.29, 1.82) is 0 Å². The second kappa shape index (κ2) is 8.51. The van der Waals surface area contributed by atoms with Gasteiger partial charge in [-0.05, 0) is 44.2 Å². The third-order valence-electron chi connectivity index (χ3n) is 3.86. The molecule has 0 amide bonds. The molecule has 0 bridgehead atoms. The van der Waals surface area contributed by atoms with Gasteiger partial charge in [0.2, 0.25) is 0 Å². The van der Waals surface area contributed by atoms with Crippen LogP contribution in [0, 0.1) is 11.8 Å². The van der Waals surface area contributed by atoms with Gasteiger partial charge in [0.15, 0.2) is 0 Å². The molecule has 0 aromatic rings. The van der Waals surface area contributed by atoms with Crippen LogP contribution >= 0.6 is 0 Å². The molecule has 0 spiro atoms. The number of nitrogens with one attached hydrogen (secondary N) is 1. The molecule has 1 fully saturated rings. The van der Waals surface area contributed by atoms with Crippen LogP contribution in [0.2, 0.25) is 0 Å². The highest BCUT2D eigenvalue weighted by Gasteiger charge is 2.17. The van der Waals surface area contributed by atoms with E-state index in [0.29, 0.717) is 6.42 Å². The molecule has 0 aromatic heterocycles. The average Bonchev–Trinajstić information content (AvgIpc) is 2.30. The normalized spacial score (nSPS) is 24.8. The Hall–Kier alpha value is -0.570. The van der Waals surface area contributed by atoms with Gasteiger partial charge in [-0.3, -0.25) is 4.79 Å². The van der Waals surface area contributed by atoms with Crippen LogP contribution in [0.4, 0.5) is 0 Å². The SMILES string of the molecule is CC1CCC(CCNCCCCC(=O)O)CC1. The summed E-state index contributed by atoms with van der Waals surface area (Å²) in [5, 5.41) is 11.9. The summed E-state index contributed by atoms with van der Waals surface area (Å²) in [7, 11) is 0. The summed E-state index contributed by atoms with van der Waals surface area (Å²) in [6.07, 6.45) is 9.00. The highest BCUT2D eigenvalue weighted by atomic mass is 16.4. The minimum absolute atomic E-state index is 0.308. The molecule has 17 heavy (non-hydrogen) atoms. The van der Waals surface area contributed by atoms with Gasteiger partial charge in [-0.25, -0.2) is 0 Å². The minimum Gasteiger partial charge on any atom is -0.481 e. The van der Waals surface area contributed by atoms with Gasteiger partial charge in [0.25, 0.3) is 0 Å². The fourth-order valence-electron chi connectivity index (χ4n) is 2.58. The molecule has 1 aliphatic rings. The van der Waals surface area contributed by atoms with Crippen LogP contribution in [0.5, 0.6) is 0 Å². The Morgan fingerprint density at radius 1 is 1.18 bits per heavy atom. The van der Waals surface area contributed by atoms with Crippen molar-refractivity contribution in [2.24, 2.45) is 11.8 Å². The van der Waals surface area contributed by atoms with Crippen LogP contribution in [-0.2, 0) is 4.79 Å². The summed E-state index contributed by atoms with van der Waals surface area (Å²) < 4.78 is 0. The van der Waals surface area contributed by atoms with Crippen molar-refractivity contribution >= 4 is 5.97 Å². The summed E-state index contributed by atoms with van der Waals surface area (Å²) in [6.45, 7) is 4.43. The minimum atomic E-state index is -0.679. The number of carbonyl (C=O) groups is 1. The van der Waals surface area contributed by atoms with Crippen molar-refractivity contribution in [2.45, 2.75) is 58.3 Å². The molecule has 0 aliphatic heterocycles. The molecule has 0 saturated heterocycles. The van der Waals surface area contributed by atoms with Crippen molar-refractivity contribution in [3.63, 3.8) is 0 Å². The van der Waals surface area contributed by atoms with E-state index >= 15 is 0 Å². The number of hydrogen-bond acceptors (Lipinski definition) is 2. The lowest BCUT2D eigenvalue weighted by Crippen LogP contribution is -2.21. The fourth-order valence-corrected chi connectivity index (χ4v) is 2.58. The number of unbranched alkanes of at least 4 members (excludes halogenated alkanes) is 1. The Labute approximate surface area is 105 Å². The summed E-state index contributed by atoms with van der Waals surface area (Å²) >= 11 is 0. The summed E-state index contributed by atoms with van der Waals surface area (Å²) in [5.74, 6) is 1.19. The van der Waals surface area contributed by atoms with Gasteiger partial charge in [-0.2, -0.15) is 0 Å². The first-order valence-electron chi connectivity index (χ1n) is 7.11. The maximum absolute atomic E-state index is 10.3. The standard InChI is InChI=1S/C14H27NO2/c1-12-5-7-13(8-6-12)9-11-15-10-3-2-4-14(16)17/h12-13,15H,2-11H2,1H3,(H,16,17). The molecule has 1 aliphatic carbocycles. The maximum atomic E-state index is 10.3. The topological polar surface area (TPSA) is 49.3 Å². The predicted molar refractivity (Wildman–Crippen MR) is 70.1 cm³/mol. The van der Waals surface area contributed by atoms with E-state index in [0.717, 1.165) is 37.8 Å². The predicted octanol–water partition coefficient (Wildman–Crippen LogP) is 3.05. The van der Waals surface area contributed by atoms with Crippen molar-refractivity contribution < 1.29 is 9.90 Å². The average molecular weight is 241 g/mol. The fraction of sp³-hybridized carbons (Fsp3) is 0.929. The van der Waals surface area contributed by atoms with Crippen molar-refractivity contribution in [3.8, 4) is 0 Å². The van der Waals surface area contributed by atoms with Crippen molar-refractivity contribution in [3.05, 3.63) is 0 Å². The lowest BCUT2D eigenvalue weighted by molar-refractivity contribution is -0.137. The quantitative estimate of drug-likeness (QED) is 0.642. The van der Waals surface area contributed by atoms with E-state index in [2.05, 4.69) is 12.2 Å². The van der Waals surface area contributed by atoms with Crippen molar-refractivity contribution in [1.82, 2.24) is 5.32 Å². The summed E-state index contributed by atoms with van der Waals surface area (Å²) in [4.78, 5) is 10.3. The second-order valence-corrected chi connectivity index (χ2v) is 5.52. The molecule has 0 atom stereocenters. The maximum Gasteiger partial charge on any atom is 0.303 e. The first-order valence-corrected chi connectivity index (χ1v) is 7.11. The molecule has 0 radical (unpaired) electrons. The number of carboxylic acids is 1. The Balaban J connectivity index is 1.85. The largest absolute Gasteiger partial charge is 0.481 e. The first kappa shape index (κ1) is 14.5. The van der Waals surface area contributed by atoms with Gasteiger partial charge < -0.3 is 10.4 Å². The molecular weight excluding hydrogens is 214 g/mol. The van der Waals surface area contributed by atoms with Crippen LogP contribution in [0.15, 0.2) is 0 Å². The first-order chi connectivity index (χ1) is 8.18. The van der Waals surface area contributed by atoms with E-state index in [4.69, 9.17) is 5.11 Å². The number of aliphatic carboxylic acids is 1. The van der Waals surface area contributed by atoms with E-state index in [1.165, 1.54) is 32.1 Å². The molecule has 1 rings (SSSR count). The van der Waals surface area contributed by atoms with E-state index in [1.54, 1.807) is 0 Å². The molecular formula is C14H27NO2. The molecule has 100 valence electrons. The third-order valence-corrected chi connectivity index (χ3v) is 3.86. The smallest absolute Gasteiger partial charge is 0.303 e. The molecule has 3 nitrogen and oxygen atoms in total. The second-order valence-electron chi connectivity index (χ2n) is 5.52.